The highest BCUT2D eigenvalue weighted by Gasteiger charge is 2.48. The standard InChI is InChI=1S/C14H24/c1-11-7-5-8-12-13(2,3)9-6-10-14(11,12)4/h12H,1,5-10H2,2-4H3/t12-,14+/m0/s1. The molecule has 14 heavy (non-hydrogen) atoms. The van der Waals surface area contributed by atoms with Crippen LogP contribution in [0.3, 0.4) is 0 Å². The lowest BCUT2D eigenvalue weighted by Gasteiger charge is -2.54. The molecule has 2 fully saturated rings. The molecule has 0 unspecified atom stereocenters. The Morgan fingerprint density at radius 2 is 1.86 bits per heavy atom. The Balaban J connectivity index is 2.32. The van der Waals surface area contributed by atoms with Gasteiger partial charge in [0.2, 0.25) is 0 Å². The molecule has 2 aliphatic carbocycles. The van der Waals surface area contributed by atoms with E-state index in [4.69, 9.17) is 0 Å². The van der Waals surface area contributed by atoms with Gasteiger partial charge in [0.1, 0.15) is 0 Å². The smallest absolute Gasteiger partial charge is 0.00857 e. The number of fused-ring (bicyclic) bond motifs is 1. The topological polar surface area (TPSA) is 0 Å². The van der Waals surface area contributed by atoms with Crippen LogP contribution in [0.2, 0.25) is 0 Å². The minimum atomic E-state index is 0.472. The third-order valence-corrected chi connectivity index (χ3v) is 5.01. The summed E-state index contributed by atoms with van der Waals surface area (Å²) in [5, 5.41) is 0. The van der Waals surface area contributed by atoms with Gasteiger partial charge in [0.15, 0.2) is 0 Å². The quantitative estimate of drug-likeness (QED) is 0.494. The molecule has 0 spiro atoms. The molecule has 0 heterocycles. The zero-order chi connectivity index (χ0) is 10.4. The molecule has 0 radical (unpaired) electrons. The molecule has 0 amide bonds. The highest BCUT2D eigenvalue weighted by atomic mass is 14.5. The summed E-state index contributed by atoms with van der Waals surface area (Å²) in [6.45, 7) is 11.7. The molecule has 0 nitrogen and oxygen atoms in total. The lowest BCUT2D eigenvalue weighted by Crippen LogP contribution is -2.45. The van der Waals surface area contributed by atoms with Gasteiger partial charge in [-0.1, -0.05) is 39.3 Å². The van der Waals surface area contributed by atoms with Gasteiger partial charge in [-0.05, 0) is 48.9 Å². The van der Waals surface area contributed by atoms with Crippen LogP contribution in [0.4, 0.5) is 0 Å². The SMILES string of the molecule is C=C1CCC[C@H]2C(C)(C)CCC[C@]12C. The Kier molecular flexibility index (Phi) is 2.28. The molecular formula is C14H24. The van der Waals surface area contributed by atoms with Crippen molar-refractivity contribution in [1.29, 1.82) is 0 Å². The van der Waals surface area contributed by atoms with E-state index < -0.39 is 0 Å². The van der Waals surface area contributed by atoms with E-state index in [0.29, 0.717) is 10.8 Å². The summed E-state index contributed by atoms with van der Waals surface area (Å²) in [5.74, 6) is 0.894. The first kappa shape index (κ1) is 10.3. The second kappa shape index (κ2) is 3.12. The molecule has 0 heteroatoms. The van der Waals surface area contributed by atoms with E-state index >= 15 is 0 Å². The third-order valence-electron chi connectivity index (χ3n) is 5.01. The van der Waals surface area contributed by atoms with E-state index in [1.54, 1.807) is 5.57 Å². The number of hydrogen-bond donors (Lipinski definition) is 0. The molecule has 2 rings (SSSR count). The summed E-state index contributed by atoms with van der Waals surface area (Å²) in [7, 11) is 0. The van der Waals surface area contributed by atoms with Crippen LogP contribution in [0.15, 0.2) is 12.2 Å². The minimum absolute atomic E-state index is 0.472. The average Bonchev–Trinajstić information content (AvgIpc) is 2.08. The molecule has 0 bridgehead atoms. The van der Waals surface area contributed by atoms with Crippen molar-refractivity contribution in [2.45, 2.75) is 59.3 Å². The maximum absolute atomic E-state index is 4.34. The van der Waals surface area contributed by atoms with Gasteiger partial charge in [-0.3, -0.25) is 0 Å². The van der Waals surface area contributed by atoms with Crippen molar-refractivity contribution in [1.82, 2.24) is 0 Å². The summed E-state index contributed by atoms with van der Waals surface area (Å²) in [6.07, 6.45) is 8.30. The highest BCUT2D eigenvalue weighted by Crippen LogP contribution is 2.59. The molecule has 0 aromatic heterocycles. The van der Waals surface area contributed by atoms with Crippen molar-refractivity contribution >= 4 is 0 Å². The van der Waals surface area contributed by atoms with E-state index in [0.717, 1.165) is 5.92 Å². The van der Waals surface area contributed by atoms with Gasteiger partial charge in [0.05, 0.1) is 0 Å². The Morgan fingerprint density at radius 3 is 2.50 bits per heavy atom. The van der Waals surface area contributed by atoms with E-state index in [9.17, 15) is 0 Å². The lowest BCUT2D eigenvalue weighted by atomic mass is 9.50. The van der Waals surface area contributed by atoms with Crippen LogP contribution in [0.1, 0.15) is 59.3 Å². The molecule has 2 saturated carbocycles. The normalized spacial score (nSPS) is 41.9. The zero-order valence-corrected chi connectivity index (χ0v) is 10.0. The van der Waals surface area contributed by atoms with Gasteiger partial charge >= 0.3 is 0 Å². The average molecular weight is 192 g/mol. The summed E-state index contributed by atoms with van der Waals surface area (Å²) >= 11 is 0. The van der Waals surface area contributed by atoms with Crippen molar-refractivity contribution in [2.75, 3.05) is 0 Å². The van der Waals surface area contributed by atoms with Gasteiger partial charge < -0.3 is 0 Å². The fraction of sp³-hybridized carbons (Fsp3) is 0.857. The van der Waals surface area contributed by atoms with Crippen LogP contribution in [-0.4, -0.2) is 0 Å². The van der Waals surface area contributed by atoms with Gasteiger partial charge in [0.25, 0.3) is 0 Å². The predicted molar refractivity (Wildman–Crippen MR) is 62.2 cm³/mol. The Hall–Kier alpha value is -0.260. The first-order chi connectivity index (χ1) is 6.47. The van der Waals surface area contributed by atoms with E-state index in [1.165, 1.54) is 38.5 Å². The van der Waals surface area contributed by atoms with Crippen molar-refractivity contribution in [2.24, 2.45) is 16.7 Å². The van der Waals surface area contributed by atoms with E-state index in [-0.39, 0.29) is 0 Å². The summed E-state index contributed by atoms with van der Waals surface area (Å²) in [4.78, 5) is 0. The lowest BCUT2D eigenvalue weighted by molar-refractivity contribution is 0.00412. The number of hydrogen-bond acceptors (Lipinski definition) is 0. The van der Waals surface area contributed by atoms with Gasteiger partial charge in [-0.2, -0.15) is 0 Å². The third kappa shape index (κ3) is 1.34. The Labute approximate surface area is 88.8 Å². The van der Waals surface area contributed by atoms with Gasteiger partial charge in [0, 0.05) is 0 Å². The maximum Gasteiger partial charge on any atom is -0.00857 e. The summed E-state index contributed by atoms with van der Waals surface area (Å²) < 4.78 is 0. The Morgan fingerprint density at radius 1 is 1.14 bits per heavy atom. The second-order valence-corrected chi connectivity index (χ2v) is 6.31. The minimum Gasteiger partial charge on any atom is -0.0993 e. The van der Waals surface area contributed by atoms with Gasteiger partial charge in [-0.25, -0.2) is 0 Å². The molecular weight excluding hydrogens is 168 g/mol. The molecule has 0 N–H and O–H groups in total. The summed E-state index contributed by atoms with van der Waals surface area (Å²) in [5.41, 5.74) is 2.57. The summed E-state index contributed by atoms with van der Waals surface area (Å²) in [6, 6.07) is 0. The van der Waals surface area contributed by atoms with Crippen molar-refractivity contribution in [3.05, 3.63) is 12.2 Å². The van der Waals surface area contributed by atoms with Crippen LogP contribution in [-0.2, 0) is 0 Å². The second-order valence-electron chi connectivity index (χ2n) is 6.31. The predicted octanol–water partition coefficient (Wildman–Crippen LogP) is 4.56. The molecule has 0 saturated heterocycles. The van der Waals surface area contributed by atoms with Crippen LogP contribution in [0, 0.1) is 16.7 Å². The molecule has 2 aliphatic rings. The van der Waals surface area contributed by atoms with Crippen LogP contribution in [0.5, 0.6) is 0 Å². The van der Waals surface area contributed by atoms with E-state index in [1.807, 2.05) is 0 Å². The first-order valence-corrected chi connectivity index (χ1v) is 6.15. The molecule has 0 aliphatic heterocycles. The molecule has 2 atom stereocenters. The maximum atomic E-state index is 4.34. The zero-order valence-electron chi connectivity index (χ0n) is 10.0. The fourth-order valence-electron chi connectivity index (χ4n) is 4.06. The van der Waals surface area contributed by atoms with E-state index in [2.05, 4.69) is 27.4 Å². The van der Waals surface area contributed by atoms with Crippen molar-refractivity contribution in [3.8, 4) is 0 Å². The van der Waals surface area contributed by atoms with Crippen LogP contribution >= 0.6 is 0 Å². The Bertz CT molecular complexity index is 249. The fourth-order valence-corrected chi connectivity index (χ4v) is 4.06. The molecule has 0 aromatic carbocycles. The molecule has 0 aromatic rings. The van der Waals surface area contributed by atoms with Crippen LogP contribution < -0.4 is 0 Å². The number of rotatable bonds is 0. The monoisotopic (exact) mass is 192 g/mol. The van der Waals surface area contributed by atoms with Gasteiger partial charge in [-0.15, -0.1) is 0 Å². The first-order valence-electron chi connectivity index (χ1n) is 6.15. The van der Waals surface area contributed by atoms with Crippen molar-refractivity contribution < 1.29 is 0 Å². The number of allylic oxidation sites excluding steroid dienone is 1. The highest BCUT2D eigenvalue weighted by molar-refractivity contribution is 5.17. The largest absolute Gasteiger partial charge is 0.0993 e. The van der Waals surface area contributed by atoms with Crippen molar-refractivity contribution in [3.63, 3.8) is 0 Å². The van der Waals surface area contributed by atoms with Crippen LogP contribution in [0.25, 0.3) is 0 Å². The molecule has 80 valence electrons.